The molecule has 0 rings (SSSR count). The maximum atomic E-state index is 12.6. The Morgan fingerprint density at radius 3 is 1.42 bits per heavy atom. The fraction of sp³-hybridized carbons (Fsp3) is 1.00. The molecule has 0 aromatic rings. The summed E-state index contributed by atoms with van der Waals surface area (Å²) in [6, 6.07) is 0. The first-order valence-electron chi connectivity index (χ1n) is 9.29. The van der Waals surface area contributed by atoms with E-state index in [1.807, 2.05) is 20.8 Å². The Hall–Kier alpha value is -0.330. The molecule has 0 heterocycles. The molecule has 0 N–H and O–H groups in total. The van der Waals surface area contributed by atoms with Gasteiger partial charge >= 0.3 is 6.18 Å². The summed E-state index contributed by atoms with van der Waals surface area (Å²) in [5, 5.41) is 0. The van der Waals surface area contributed by atoms with Crippen LogP contribution < -0.4 is 0 Å². The Balaban J connectivity index is 5.01. The molecule has 3 nitrogen and oxygen atoms in total. The van der Waals surface area contributed by atoms with E-state index >= 15 is 0 Å². The molecule has 0 aromatic carbocycles. The Kier molecular flexibility index (Phi) is 12.8. The summed E-state index contributed by atoms with van der Waals surface area (Å²) in [5.41, 5.74) is 0. The molecule has 0 fully saturated rings. The lowest BCUT2D eigenvalue weighted by atomic mass is 10.0. The van der Waals surface area contributed by atoms with Gasteiger partial charge in [0.25, 0.3) is 5.97 Å². The molecule has 0 aliphatic carbocycles. The molecule has 0 saturated carbocycles. The highest BCUT2D eigenvalue weighted by Gasteiger charge is 2.42. The number of rotatable bonds is 15. The Bertz CT molecular complexity index is 269. The van der Waals surface area contributed by atoms with Gasteiger partial charge in [0.2, 0.25) is 0 Å². The molecular weight excluding hydrogens is 321 g/mol. The maximum absolute atomic E-state index is 12.6. The van der Waals surface area contributed by atoms with Crippen molar-refractivity contribution in [2.45, 2.75) is 91.2 Å². The van der Waals surface area contributed by atoms with E-state index in [4.69, 9.17) is 14.2 Å². The summed E-state index contributed by atoms with van der Waals surface area (Å²) >= 11 is 0. The second-order valence-electron chi connectivity index (χ2n) is 6.26. The standard InChI is InChI=1S/C18H35F3O3/c1-5-8-13-22-18(23-14-9-6-2,24-15-10-7-3)16(4)11-12-17(19,20)21/h16H,5-15H2,1-4H3. The highest BCUT2D eigenvalue weighted by atomic mass is 19.4. The lowest BCUT2D eigenvalue weighted by molar-refractivity contribution is -0.405. The maximum Gasteiger partial charge on any atom is 0.389 e. The van der Waals surface area contributed by atoms with Crippen molar-refractivity contribution in [1.82, 2.24) is 0 Å². The van der Waals surface area contributed by atoms with Crippen LogP contribution in [-0.2, 0) is 14.2 Å². The van der Waals surface area contributed by atoms with Gasteiger partial charge in [0, 0.05) is 12.3 Å². The van der Waals surface area contributed by atoms with E-state index in [9.17, 15) is 13.2 Å². The van der Waals surface area contributed by atoms with Gasteiger partial charge in [-0.3, -0.25) is 0 Å². The van der Waals surface area contributed by atoms with Crippen molar-refractivity contribution in [3.8, 4) is 0 Å². The van der Waals surface area contributed by atoms with Crippen molar-refractivity contribution in [2.75, 3.05) is 19.8 Å². The fourth-order valence-electron chi connectivity index (χ4n) is 2.19. The lowest BCUT2D eigenvalue weighted by Crippen LogP contribution is -2.46. The molecule has 0 radical (unpaired) electrons. The van der Waals surface area contributed by atoms with Crippen LogP contribution in [0.4, 0.5) is 13.2 Å². The summed E-state index contributed by atoms with van der Waals surface area (Å²) < 4.78 is 55.4. The molecule has 0 saturated heterocycles. The first kappa shape index (κ1) is 23.7. The second kappa shape index (κ2) is 13.0. The minimum Gasteiger partial charge on any atom is -0.327 e. The molecule has 146 valence electrons. The average Bonchev–Trinajstić information content (AvgIpc) is 2.52. The number of alkyl halides is 3. The van der Waals surface area contributed by atoms with E-state index in [1.54, 1.807) is 6.92 Å². The molecule has 0 amide bonds. The zero-order valence-electron chi connectivity index (χ0n) is 15.7. The normalized spacial score (nSPS) is 14.1. The van der Waals surface area contributed by atoms with Gasteiger partial charge in [0.1, 0.15) is 0 Å². The van der Waals surface area contributed by atoms with E-state index in [0.717, 1.165) is 38.5 Å². The van der Waals surface area contributed by atoms with Gasteiger partial charge in [-0.15, -0.1) is 0 Å². The van der Waals surface area contributed by atoms with Gasteiger partial charge < -0.3 is 14.2 Å². The van der Waals surface area contributed by atoms with Crippen molar-refractivity contribution in [1.29, 1.82) is 0 Å². The largest absolute Gasteiger partial charge is 0.389 e. The SMILES string of the molecule is CCCCOC(OCCCC)(OCCCC)C(C)CCC(F)(F)F. The zero-order chi connectivity index (χ0) is 18.5. The van der Waals surface area contributed by atoms with Crippen LogP contribution in [0, 0.1) is 5.92 Å². The van der Waals surface area contributed by atoms with E-state index in [2.05, 4.69) is 0 Å². The molecule has 0 aliphatic heterocycles. The van der Waals surface area contributed by atoms with E-state index in [1.165, 1.54) is 0 Å². The Labute approximate surface area is 145 Å². The molecule has 1 unspecified atom stereocenters. The van der Waals surface area contributed by atoms with Crippen LogP contribution in [0.1, 0.15) is 79.1 Å². The average molecular weight is 356 g/mol. The third kappa shape index (κ3) is 10.5. The molecule has 0 spiro atoms. The fourth-order valence-corrected chi connectivity index (χ4v) is 2.19. The highest BCUT2D eigenvalue weighted by Crippen LogP contribution is 2.34. The number of ether oxygens (including phenoxy) is 3. The van der Waals surface area contributed by atoms with Crippen molar-refractivity contribution in [3.63, 3.8) is 0 Å². The number of unbranched alkanes of at least 4 members (excludes halogenated alkanes) is 3. The number of halogens is 3. The number of hydrogen-bond acceptors (Lipinski definition) is 3. The van der Waals surface area contributed by atoms with Gasteiger partial charge in [-0.1, -0.05) is 47.0 Å². The van der Waals surface area contributed by atoms with Crippen LogP contribution in [-0.4, -0.2) is 32.0 Å². The second-order valence-corrected chi connectivity index (χ2v) is 6.26. The quantitative estimate of drug-likeness (QED) is 0.263. The predicted octanol–water partition coefficient (Wildman–Crippen LogP) is 6.07. The van der Waals surface area contributed by atoms with Gasteiger partial charge in [-0.05, 0) is 25.7 Å². The third-order valence-corrected chi connectivity index (χ3v) is 3.87. The summed E-state index contributed by atoms with van der Waals surface area (Å²) in [5.74, 6) is -1.87. The monoisotopic (exact) mass is 356 g/mol. The van der Waals surface area contributed by atoms with Crippen LogP contribution in [0.3, 0.4) is 0 Å². The van der Waals surface area contributed by atoms with E-state index in [-0.39, 0.29) is 6.42 Å². The predicted molar refractivity (Wildman–Crippen MR) is 89.8 cm³/mol. The summed E-state index contributed by atoms with van der Waals surface area (Å²) in [7, 11) is 0. The smallest absolute Gasteiger partial charge is 0.327 e. The van der Waals surface area contributed by atoms with Crippen LogP contribution >= 0.6 is 0 Å². The van der Waals surface area contributed by atoms with Crippen LogP contribution in [0.5, 0.6) is 0 Å². The van der Waals surface area contributed by atoms with Crippen molar-refractivity contribution < 1.29 is 27.4 Å². The summed E-state index contributed by atoms with van der Waals surface area (Å²) in [6.07, 6.45) is 0.169. The van der Waals surface area contributed by atoms with Crippen molar-refractivity contribution in [2.24, 2.45) is 5.92 Å². The number of hydrogen-bond donors (Lipinski definition) is 0. The van der Waals surface area contributed by atoms with Gasteiger partial charge in [-0.25, -0.2) is 0 Å². The minimum atomic E-state index is -4.18. The topological polar surface area (TPSA) is 27.7 Å². The van der Waals surface area contributed by atoms with E-state index in [0.29, 0.717) is 19.8 Å². The minimum absolute atomic E-state index is 0.0755. The molecule has 0 aromatic heterocycles. The highest BCUT2D eigenvalue weighted by molar-refractivity contribution is 4.70. The molecule has 0 bridgehead atoms. The van der Waals surface area contributed by atoms with Crippen LogP contribution in [0.25, 0.3) is 0 Å². The van der Waals surface area contributed by atoms with Crippen LogP contribution in [0.15, 0.2) is 0 Å². The van der Waals surface area contributed by atoms with Gasteiger partial charge in [-0.2, -0.15) is 13.2 Å². The molecule has 6 heteroatoms. The first-order chi connectivity index (χ1) is 11.3. The molecule has 24 heavy (non-hydrogen) atoms. The van der Waals surface area contributed by atoms with E-state index < -0.39 is 24.5 Å². The van der Waals surface area contributed by atoms with Crippen molar-refractivity contribution in [3.05, 3.63) is 0 Å². The summed E-state index contributed by atoms with van der Waals surface area (Å²) in [6.45, 7) is 9.09. The Morgan fingerprint density at radius 1 is 0.750 bits per heavy atom. The summed E-state index contributed by atoms with van der Waals surface area (Å²) in [4.78, 5) is 0. The van der Waals surface area contributed by atoms with Gasteiger partial charge in [0.05, 0.1) is 19.8 Å². The molecule has 0 aliphatic rings. The van der Waals surface area contributed by atoms with Gasteiger partial charge in [0.15, 0.2) is 0 Å². The van der Waals surface area contributed by atoms with Crippen molar-refractivity contribution >= 4 is 0 Å². The third-order valence-electron chi connectivity index (χ3n) is 3.87. The molecule has 1 atom stereocenters. The first-order valence-corrected chi connectivity index (χ1v) is 9.29. The zero-order valence-corrected chi connectivity index (χ0v) is 15.7. The Morgan fingerprint density at radius 2 is 1.12 bits per heavy atom. The molecular formula is C18H35F3O3. The van der Waals surface area contributed by atoms with Crippen LogP contribution in [0.2, 0.25) is 0 Å². The lowest BCUT2D eigenvalue weighted by Gasteiger charge is -2.38.